The zero-order chi connectivity index (χ0) is 23.0. The second-order valence-electron chi connectivity index (χ2n) is 7.79. The van der Waals surface area contributed by atoms with E-state index in [0.29, 0.717) is 48.5 Å². The highest BCUT2D eigenvalue weighted by Crippen LogP contribution is 2.33. The molecule has 1 saturated heterocycles. The first-order chi connectivity index (χ1) is 15.1. The maximum atomic E-state index is 11.9. The monoisotopic (exact) mass is 476 g/mol. The Kier molecular flexibility index (Phi) is 6.06. The van der Waals surface area contributed by atoms with Gasteiger partial charge in [0.05, 0.1) is 22.8 Å². The van der Waals surface area contributed by atoms with Crippen molar-refractivity contribution in [1.29, 1.82) is 0 Å². The molecule has 32 heavy (non-hydrogen) atoms. The van der Waals surface area contributed by atoms with E-state index in [2.05, 4.69) is 25.2 Å². The van der Waals surface area contributed by atoms with Crippen LogP contribution in [0.2, 0.25) is 5.02 Å². The lowest BCUT2D eigenvalue weighted by Gasteiger charge is -2.35. The molecule has 1 aliphatic heterocycles. The fourth-order valence-electron chi connectivity index (χ4n) is 3.81. The summed E-state index contributed by atoms with van der Waals surface area (Å²) in [5, 5.41) is 4.75. The van der Waals surface area contributed by atoms with Gasteiger partial charge in [0, 0.05) is 37.1 Å². The van der Waals surface area contributed by atoms with Crippen LogP contribution < -0.4 is 16.0 Å². The third-order valence-electron chi connectivity index (χ3n) is 5.39. The molecule has 0 bridgehead atoms. The first-order valence-corrected chi connectivity index (χ1v) is 12.4. The number of nitrogens with zero attached hydrogens (tertiary/aromatic N) is 6. The molecule has 1 unspecified atom stereocenters. The fourth-order valence-corrected chi connectivity index (χ4v) is 4.86. The second kappa shape index (κ2) is 8.64. The van der Waals surface area contributed by atoms with Gasteiger partial charge in [0.15, 0.2) is 0 Å². The lowest BCUT2D eigenvalue weighted by atomic mass is 10.0. The number of sulfonamides is 1. The van der Waals surface area contributed by atoms with E-state index in [1.165, 1.54) is 10.6 Å². The van der Waals surface area contributed by atoms with E-state index in [1.54, 1.807) is 13.0 Å². The number of aryl methyl sites for hydroxylation is 1. The van der Waals surface area contributed by atoms with Gasteiger partial charge in [-0.25, -0.2) is 13.4 Å². The molecule has 0 radical (unpaired) electrons. The average Bonchev–Trinajstić information content (AvgIpc) is 2.72. The number of halogens is 1. The Labute approximate surface area is 191 Å². The standard InChI is InChI=1S/C20H25ClN8O2S/c1-12(23-20-25-13(2)24-19(22)27-20)15-11-14-5-4-6-16(21)17(14)26-18(15)28-7-9-29(10-8-28)32(3,30)31/h4-6,11-12H,7-10H2,1-3H3,(H3,22,23,24,25,27). The van der Waals surface area contributed by atoms with Gasteiger partial charge < -0.3 is 16.0 Å². The molecule has 12 heteroatoms. The number of hydrogen-bond donors (Lipinski definition) is 2. The third-order valence-corrected chi connectivity index (χ3v) is 7.00. The second-order valence-corrected chi connectivity index (χ2v) is 10.2. The van der Waals surface area contributed by atoms with Gasteiger partial charge in [-0.3, -0.25) is 0 Å². The Balaban J connectivity index is 1.72. The predicted octanol–water partition coefficient (Wildman–Crippen LogP) is 2.22. The zero-order valence-electron chi connectivity index (χ0n) is 18.1. The first-order valence-electron chi connectivity index (χ1n) is 10.2. The topological polar surface area (TPSA) is 130 Å². The first kappa shape index (κ1) is 22.4. The summed E-state index contributed by atoms with van der Waals surface area (Å²) in [6.07, 6.45) is 1.23. The van der Waals surface area contributed by atoms with Gasteiger partial charge in [0.1, 0.15) is 11.6 Å². The molecule has 1 fully saturated rings. The minimum Gasteiger partial charge on any atom is -0.368 e. The van der Waals surface area contributed by atoms with Gasteiger partial charge in [0.25, 0.3) is 0 Å². The summed E-state index contributed by atoms with van der Waals surface area (Å²) >= 11 is 6.42. The molecule has 10 nitrogen and oxygen atoms in total. The van der Waals surface area contributed by atoms with E-state index >= 15 is 0 Å². The number of anilines is 3. The number of pyridine rings is 1. The quantitative estimate of drug-likeness (QED) is 0.569. The number of para-hydroxylation sites is 1. The molecular weight excluding hydrogens is 452 g/mol. The molecule has 170 valence electrons. The molecule has 0 aliphatic carbocycles. The molecule has 0 spiro atoms. The van der Waals surface area contributed by atoms with E-state index in [0.717, 1.165) is 16.8 Å². The molecule has 0 saturated carbocycles. The minimum atomic E-state index is -3.23. The van der Waals surface area contributed by atoms with Crippen LogP contribution in [0.5, 0.6) is 0 Å². The lowest BCUT2D eigenvalue weighted by Crippen LogP contribution is -2.49. The third kappa shape index (κ3) is 4.69. The van der Waals surface area contributed by atoms with E-state index in [-0.39, 0.29) is 12.0 Å². The molecule has 3 heterocycles. The fraction of sp³-hybridized carbons (Fsp3) is 0.400. The van der Waals surface area contributed by atoms with Crippen LogP contribution >= 0.6 is 11.6 Å². The van der Waals surface area contributed by atoms with E-state index in [9.17, 15) is 8.42 Å². The molecule has 1 atom stereocenters. The number of hydrogen-bond acceptors (Lipinski definition) is 9. The van der Waals surface area contributed by atoms with Gasteiger partial charge in [-0.2, -0.15) is 19.3 Å². The number of nitrogens with two attached hydrogens (primary N) is 1. The van der Waals surface area contributed by atoms with Crippen molar-refractivity contribution >= 4 is 50.2 Å². The Morgan fingerprint density at radius 2 is 1.84 bits per heavy atom. The van der Waals surface area contributed by atoms with E-state index in [1.807, 2.05) is 25.1 Å². The number of nitrogens with one attached hydrogen (secondary N) is 1. The number of aromatic nitrogens is 4. The van der Waals surface area contributed by atoms with Crippen molar-refractivity contribution in [1.82, 2.24) is 24.2 Å². The SMILES string of the molecule is Cc1nc(N)nc(NC(C)c2cc3cccc(Cl)c3nc2N2CCN(S(C)(=O)=O)CC2)n1. The average molecular weight is 477 g/mol. The van der Waals surface area contributed by atoms with Gasteiger partial charge in [-0.05, 0) is 26.0 Å². The summed E-state index contributed by atoms with van der Waals surface area (Å²) < 4.78 is 25.3. The van der Waals surface area contributed by atoms with Crippen molar-refractivity contribution in [2.45, 2.75) is 19.9 Å². The Morgan fingerprint density at radius 3 is 2.50 bits per heavy atom. The maximum Gasteiger partial charge on any atom is 0.228 e. The molecule has 0 amide bonds. The van der Waals surface area contributed by atoms with Gasteiger partial charge in [-0.1, -0.05) is 23.7 Å². The Morgan fingerprint density at radius 1 is 1.12 bits per heavy atom. The van der Waals surface area contributed by atoms with Crippen LogP contribution in [-0.4, -0.2) is 65.1 Å². The highest BCUT2D eigenvalue weighted by Gasteiger charge is 2.27. The normalized spacial score (nSPS) is 16.3. The zero-order valence-corrected chi connectivity index (χ0v) is 19.7. The molecule has 3 N–H and O–H groups in total. The van der Waals surface area contributed by atoms with E-state index < -0.39 is 10.0 Å². The van der Waals surface area contributed by atoms with Crippen LogP contribution in [0.1, 0.15) is 24.4 Å². The van der Waals surface area contributed by atoms with Crippen molar-refractivity contribution in [2.24, 2.45) is 0 Å². The van der Waals surface area contributed by atoms with Gasteiger partial charge in [-0.15, -0.1) is 0 Å². The lowest BCUT2D eigenvalue weighted by molar-refractivity contribution is 0.386. The highest BCUT2D eigenvalue weighted by molar-refractivity contribution is 7.88. The molecule has 1 aliphatic rings. The smallest absolute Gasteiger partial charge is 0.228 e. The van der Waals surface area contributed by atoms with Crippen molar-refractivity contribution in [3.8, 4) is 0 Å². The summed E-state index contributed by atoms with van der Waals surface area (Å²) in [5.74, 6) is 1.79. The van der Waals surface area contributed by atoms with Crippen LogP contribution in [0, 0.1) is 6.92 Å². The number of benzene rings is 1. The van der Waals surface area contributed by atoms with Crippen molar-refractivity contribution in [3.05, 3.63) is 40.7 Å². The van der Waals surface area contributed by atoms with Gasteiger partial charge in [0.2, 0.25) is 21.9 Å². The van der Waals surface area contributed by atoms with Crippen LogP contribution in [0.4, 0.5) is 17.7 Å². The van der Waals surface area contributed by atoms with Crippen LogP contribution in [-0.2, 0) is 10.0 Å². The number of fused-ring (bicyclic) bond motifs is 1. The molecule has 1 aromatic carbocycles. The number of piperazine rings is 1. The molecule has 4 rings (SSSR count). The van der Waals surface area contributed by atoms with Crippen LogP contribution in [0.3, 0.4) is 0 Å². The van der Waals surface area contributed by atoms with E-state index in [4.69, 9.17) is 22.3 Å². The predicted molar refractivity (Wildman–Crippen MR) is 126 cm³/mol. The summed E-state index contributed by atoms with van der Waals surface area (Å²) in [4.78, 5) is 19.5. The summed E-state index contributed by atoms with van der Waals surface area (Å²) in [6.45, 7) is 5.57. The largest absolute Gasteiger partial charge is 0.368 e. The number of rotatable bonds is 5. The minimum absolute atomic E-state index is 0.146. The molecule has 3 aromatic rings. The summed E-state index contributed by atoms with van der Waals surface area (Å²) in [5.41, 5.74) is 7.39. The molecular formula is C20H25ClN8O2S. The van der Waals surface area contributed by atoms with Gasteiger partial charge >= 0.3 is 0 Å². The Hall–Kier alpha value is -2.76. The van der Waals surface area contributed by atoms with Crippen molar-refractivity contribution in [2.75, 3.05) is 48.4 Å². The molecule has 2 aromatic heterocycles. The van der Waals surface area contributed by atoms with Crippen LogP contribution in [0.25, 0.3) is 10.9 Å². The van der Waals surface area contributed by atoms with Crippen LogP contribution in [0.15, 0.2) is 24.3 Å². The summed E-state index contributed by atoms with van der Waals surface area (Å²) in [6, 6.07) is 7.48. The number of nitrogen functional groups attached to an aromatic ring is 1. The Bertz CT molecular complexity index is 1240. The van der Waals surface area contributed by atoms with Crippen molar-refractivity contribution < 1.29 is 8.42 Å². The van der Waals surface area contributed by atoms with Crippen molar-refractivity contribution in [3.63, 3.8) is 0 Å². The highest BCUT2D eigenvalue weighted by atomic mass is 35.5. The maximum absolute atomic E-state index is 11.9. The summed E-state index contributed by atoms with van der Waals surface area (Å²) in [7, 11) is -3.23.